The molecule has 3 aromatic rings. The van der Waals surface area contributed by atoms with Crippen LogP contribution >= 0.6 is 11.3 Å². The van der Waals surface area contributed by atoms with Crippen LogP contribution < -0.4 is 5.32 Å². The lowest BCUT2D eigenvalue weighted by Gasteiger charge is -2.21. The topological polar surface area (TPSA) is 110 Å². The van der Waals surface area contributed by atoms with Crippen LogP contribution in [0.1, 0.15) is 40.2 Å². The van der Waals surface area contributed by atoms with Gasteiger partial charge in [-0.2, -0.15) is 5.26 Å². The standard InChI is InChI=1S/C25H25N5O3S/c1-30-12-11-28-22(30)7-9-24(32)33-16-18-4-6-19-20(14-26)25(34-21(19)13-18)29-23(31)8-5-17-3-2-10-27-15-17/h2-3,5,8,10-12,15,18H,4,6-7,9,13,16H2,1H3,(H,29,31)/b8-5+. The highest BCUT2D eigenvalue weighted by Gasteiger charge is 2.27. The van der Waals surface area contributed by atoms with Crippen molar-refractivity contribution in [3.8, 4) is 6.07 Å². The normalized spacial score (nSPS) is 15.0. The molecule has 1 amide bonds. The summed E-state index contributed by atoms with van der Waals surface area (Å²) >= 11 is 1.43. The summed E-state index contributed by atoms with van der Waals surface area (Å²) in [4.78, 5) is 33.9. The number of nitrogens with zero attached hydrogens (tertiary/aromatic N) is 4. The molecule has 0 aliphatic heterocycles. The van der Waals surface area contributed by atoms with Crippen LogP contribution in [0.3, 0.4) is 0 Å². The third kappa shape index (κ3) is 5.77. The van der Waals surface area contributed by atoms with Crippen molar-refractivity contribution >= 4 is 34.3 Å². The maximum absolute atomic E-state index is 12.4. The molecule has 0 fully saturated rings. The van der Waals surface area contributed by atoms with Gasteiger partial charge >= 0.3 is 5.97 Å². The van der Waals surface area contributed by atoms with Crippen molar-refractivity contribution in [3.05, 3.63) is 70.4 Å². The smallest absolute Gasteiger partial charge is 0.306 e. The van der Waals surface area contributed by atoms with Gasteiger partial charge in [0.05, 0.1) is 18.6 Å². The predicted molar refractivity (Wildman–Crippen MR) is 129 cm³/mol. The maximum atomic E-state index is 12.4. The van der Waals surface area contributed by atoms with Gasteiger partial charge < -0.3 is 14.6 Å². The number of carbonyl (C=O) groups is 2. The number of ether oxygens (including phenoxy) is 1. The third-order valence-corrected chi connectivity index (χ3v) is 6.95. The van der Waals surface area contributed by atoms with E-state index in [-0.39, 0.29) is 17.8 Å². The molecule has 9 heteroatoms. The summed E-state index contributed by atoms with van der Waals surface area (Å²) in [5.74, 6) is 0.527. The SMILES string of the molecule is Cn1ccnc1CCC(=O)OCC1CCc2c(sc(NC(=O)/C=C/c3cccnc3)c2C#N)C1. The first-order valence-corrected chi connectivity index (χ1v) is 11.9. The largest absolute Gasteiger partial charge is 0.465 e. The van der Waals surface area contributed by atoms with E-state index in [0.717, 1.165) is 41.1 Å². The van der Waals surface area contributed by atoms with Crippen LogP contribution in [0.4, 0.5) is 5.00 Å². The Bertz CT molecular complexity index is 1240. The van der Waals surface area contributed by atoms with Crippen LogP contribution in [0.5, 0.6) is 0 Å². The molecular weight excluding hydrogens is 450 g/mol. The minimum atomic E-state index is -0.294. The van der Waals surface area contributed by atoms with Gasteiger partial charge in [-0.3, -0.25) is 14.6 Å². The highest BCUT2D eigenvalue weighted by atomic mass is 32.1. The van der Waals surface area contributed by atoms with Crippen molar-refractivity contribution < 1.29 is 14.3 Å². The van der Waals surface area contributed by atoms with E-state index in [1.807, 2.05) is 23.9 Å². The van der Waals surface area contributed by atoms with Crippen LogP contribution in [0.25, 0.3) is 6.08 Å². The van der Waals surface area contributed by atoms with Gasteiger partial charge in [0.25, 0.3) is 0 Å². The molecule has 0 aromatic carbocycles. The number of hydrogen-bond donors (Lipinski definition) is 1. The molecule has 3 heterocycles. The van der Waals surface area contributed by atoms with Crippen LogP contribution in [0, 0.1) is 17.2 Å². The number of amides is 1. The minimum Gasteiger partial charge on any atom is -0.465 e. The number of pyridine rings is 1. The van der Waals surface area contributed by atoms with Gasteiger partial charge in [0.1, 0.15) is 16.9 Å². The second-order valence-corrected chi connectivity index (χ2v) is 9.28. The van der Waals surface area contributed by atoms with E-state index in [2.05, 4.69) is 21.4 Å². The van der Waals surface area contributed by atoms with E-state index >= 15 is 0 Å². The average Bonchev–Trinajstić information content (AvgIpc) is 3.42. The number of fused-ring (bicyclic) bond motifs is 1. The highest BCUT2D eigenvalue weighted by molar-refractivity contribution is 7.16. The fraction of sp³-hybridized carbons (Fsp3) is 0.320. The lowest BCUT2D eigenvalue weighted by atomic mass is 9.88. The number of hydrogen-bond acceptors (Lipinski definition) is 7. The Labute approximate surface area is 201 Å². The summed E-state index contributed by atoms with van der Waals surface area (Å²) in [6.07, 6.45) is 13.1. The molecule has 174 valence electrons. The molecule has 0 saturated carbocycles. The first-order valence-electron chi connectivity index (χ1n) is 11.1. The highest BCUT2D eigenvalue weighted by Crippen LogP contribution is 2.39. The zero-order valence-electron chi connectivity index (χ0n) is 18.9. The molecule has 1 atom stereocenters. The van der Waals surface area contributed by atoms with Crippen molar-refractivity contribution in [2.75, 3.05) is 11.9 Å². The summed E-state index contributed by atoms with van der Waals surface area (Å²) in [5.41, 5.74) is 2.35. The van der Waals surface area contributed by atoms with Crippen LogP contribution in [-0.2, 0) is 40.6 Å². The number of nitrogens with one attached hydrogen (secondary N) is 1. The Morgan fingerprint density at radius 3 is 3.03 bits per heavy atom. The monoisotopic (exact) mass is 475 g/mol. The number of carbonyl (C=O) groups excluding carboxylic acids is 2. The number of rotatable bonds is 8. The summed E-state index contributed by atoms with van der Waals surface area (Å²) in [5, 5.41) is 13.1. The van der Waals surface area contributed by atoms with Crippen LogP contribution in [0.2, 0.25) is 0 Å². The molecule has 0 saturated heterocycles. The second-order valence-electron chi connectivity index (χ2n) is 8.17. The zero-order valence-corrected chi connectivity index (χ0v) is 19.7. The van der Waals surface area contributed by atoms with Crippen molar-refractivity contribution in [2.45, 2.75) is 32.1 Å². The van der Waals surface area contributed by atoms with Crippen molar-refractivity contribution in [2.24, 2.45) is 13.0 Å². The van der Waals surface area contributed by atoms with Crippen LogP contribution in [-0.4, -0.2) is 33.0 Å². The second kappa shape index (κ2) is 10.9. The zero-order chi connectivity index (χ0) is 23.9. The van der Waals surface area contributed by atoms with E-state index < -0.39 is 0 Å². The minimum absolute atomic E-state index is 0.198. The molecule has 1 N–H and O–H groups in total. The van der Waals surface area contributed by atoms with Gasteiger partial charge in [-0.25, -0.2) is 4.98 Å². The molecular formula is C25H25N5O3S. The predicted octanol–water partition coefficient (Wildman–Crippen LogP) is 3.68. The Morgan fingerprint density at radius 2 is 2.29 bits per heavy atom. The van der Waals surface area contributed by atoms with E-state index in [1.165, 1.54) is 17.4 Å². The Balaban J connectivity index is 1.31. The van der Waals surface area contributed by atoms with E-state index in [0.29, 0.717) is 30.0 Å². The molecule has 4 rings (SSSR count). The first kappa shape index (κ1) is 23.4. The number of imidazole rings is 1. The lowest BCUT2D eigenvalue weighted by molar-refractivity contribution is -0.145. The fourth-order valence-corrected chi connectivity index (χ4v) is 5.25. The summed E-state index contributed by atoms with van der Waals surface area (Å²) < 4.78 is 7.41. The van der Waals surface area contributed by atoms with Gasteiger partial charge in [0, 0.05) is 49.2 Å². The summed E-state index contributed by atoms with van der Waals surface area (Å²) in [7, 11) is 1.90. The Kier molecular flexibility index (Phi) is 7.50. The molecule has 8 nitrogen and oxygen atoms in total. The lowest BCUT2D eigenvalue weighted by Crippen LogP contribution is -2.20. The Hall–Kier alpha value is -3.77. The number of aryl methyl sites for hydroxylation is 2. The van der Waals surface area contributed by atoms with Gasteiger partial charge in [-0.15, -0.1) is 11.3 Å². The third-order valence-electron chi connectivity index (χ3n) is 5.78. The van der Waals surface area contributed by atoms with E-state index in [4.69, 9.17) is 4.74 Å². The van der Waals surface area contributed by atoms with Gasteiger partial charge in [-0.05, 0) is 48.4 Å². The van der Waals surface area contributed by atoms with Gasteiger partial charge in [0.15, 0.2) is 0 Å². The molecule has 1 aliphatic rings. The van der Waals surface area contributed by atoms with Gasteiger partial charge in [-0.1, -0.05) is 6.07 Å². The molecule has 0 bridgehead atoms. The molecule has 1 aliphatic carbocycles. The summed E-state index contributed by atoms with van der Waals surface area (Å²) in [6, 6.07) is 5.90. The number of esters is 1. The fourth-order valence-electron chi connectivity index (χ4n) is 3.94. The number of anilines is 1. The Morgan fingerprint density at radius 1 is 1.41 bits per heavy atom. The molecule has 3 aromatic heterocycles. The number of nitriles is 1. The van der Waals surface area contributed by atoms with E-state index in [9.17, 15) is 14.9 Å². The molecule has 0 spiro atoms. The maximum Gasteiger partial charge on any atom is 0.306 e. The van der Waals surface area contributed by atoms with Crippen molar-refractivity contribution in [1.29, 1.82) is 5.26 Å². The van der Waals surface area contributed by atoms with Crippen molar-refractivity contribution in [3.63, 3.8) is 0 Å². The number of thiophene rings is 1. The molecule has 34 heavy (non-hydrogen) atoms. The van der Waals surface area contributed by atoms with Gasteiger partial charge in [0.2, 0.25) is 5.91 Å². The number of aromatic nitrogens is 3. The molecule has 1 unspecified atom stereocenters. The molecule has 0 radical (unpaired) electrons. The van der Waals surface area contributed by atoms with Crippen molar-refractivity contribution in [1.82, 2.24) is 14.5 Å². The van der Waals surface area contributed by atoms with Crippen LogP contribution in [0.15, 0.2) is 43.0 Å². The quantitative estimate of drug-likeness (QED) is 0.393. The van der Waals surface area contributed by atoms with E-state index in [1.54, 1.807) is 30.7 Å². The first-order chi connectivity index (χ1) is 16.5. The summed E-state index contributed by atoms with van der Waals surface area (Å²) in [6.45, 7) is 0.355. The average molecular weight is 476 g/mol.